The van der Waals surface area contributed by atoms with Crippen LogP contribution >= 0.6 is 11.6 Å². The lowest BCUT2D eigenvalue weighted by molar-refractivity contribution is 0.408. The van der Waals surface area contributed by atoms with Gasteiger partial charge >= 0.3 is 0 Å². The summed E-state index contributed by atoms with van der Waals surface area (Å²) in [4.78, 5) is 0. The van der Waals surface area contributed by atoms with Gasteiger partial charge in [-0.25, -0.2) is 0 Å². The van der Waals surface area contributed by atoms with Crippen LogP contribution in [0.15, 0.2) is 53.6 Å². The highest BCUT2D eigenvalue weighted by Crippen LogP contribution is 2.30. The second-order valence-corrected chi connectivity index (χ2v) is 6.82. The van der Waals surface area contributed by atoms with Crippen molar-refractivity contribution in [3.8, 4) is 17.2 Å². The van der Waals surface area contributed by atoms with Gasteiger partial charge in [0.05, 0.1) is 32.7 Å². The van der Waals surface area contributed by atoms with E-state index in [2.05, 4.69) is 28.1 Å². The molecule has 146 valence electrons. The molecule has 0 radical (unpaired) electrons. The SMILES string of the molecule is COc1ccccc1CN/N=C/c1cc(C)n(-c2cc(Cl)ccc2OC)c1C. The minimum atomic E-state index is 0.585. The third-order valence-corrected chi connectivity index (χ3v) is 4.84. The Hall–Kier alpha value is -2.92. The zero-order valence-electron chi connectivity index (χ0n) is 16.5. The van der Waals surface area contributed by atoms with Crippen LogP contribution in [-0.4, -0.2) is 25.0 Å². The summed E-state index contributed by atoms with van der Waals surface area (Å²) in [5.74, 6) is 1.61. The fourth-order valence-corrected chi connectivity index (χ4v) is 3.39. The molecule has 6 heteroatoms. The van der Waals surface area contributed by atoms with Gasteiger partial charge in [-0.15, -0.1) is 0 Å². The lowest BCUT2D eigenvalue weighted by Gasteiger charge is -2.14. The van der Waals surface area contributed by atoms with E-state index in [9.17, 15) is 0 Å². The third kappa shape index (κ3) is 4.15. The molecular formula is C22H24ClN3O2. The van der Waals surface area contributed by atoms with Crippen LogP contribution in [0.4, 0.5) is 0 Å². The number of para-hydroxylation sites is 1. The van der Waals surface area contributed by atoms with Crippen molar-refractivity contribution in [2.24, 2.45) is 5.10 Å². The Morgan fingerprint density at radius 1 is 1.04 bits per heavy atom. The summed E-state index contributed by atoms with van der Waals surface area (Å²) in [5, 5.41) is 5.04. The minimum Gasteiger partial charge on any atom is -0.496 e. The summed E-state index contributed by atoms with van der Waals surface area (Å²) in [6.07, 6.45) is 1.82. The number of aryl methyl sites for hydroxylation is 1. The summed E-state index contributed by atoms with van der Waals surface area (Å²) in [5.41, 5.74) is 8.20. The highest BCUT2D eigenvalue weighted by atomic mass is 35.5. The first-order valence-corrected chi connectivity index (χ1v) is 9.33. The smallest absolute Gasteiger partial charge is 0.142 e. The summed E-state index contributed by atoms with van der Waals surface area (Å²) in [7, 11) is 3.33. The molecule has 0 saturated carbocycles. The molecular weight excluding hydrogens is 374 g/mol. The number of hydrogen-bond donors (Lipinski definition) is 1. The lowest BCUT2D eigenvalue weighted by atomic mass is 10.2. The molecule has 1 aromatic heterocycles. The maximum Gasteiger partial charge on any atom is 0.142 e. The Labute approximate surface area is 170 Å². The van der Waals surface area contributed by atoms with Crippen molar-refractivity contribution in [3.05, 3.63) is 76.1 Å². The largest absolute Gasteiger partial charge is 0.496 e. The number of benzene rings is 2. The fourth-order valence-electron chi connectivity index (χ4n) is 3.22. The molecule has 1 heterocycles. The van der Waals surface area contributed by atoms with E-state index >= 15 is 0 Å². The van der Waals surface area contributed by atoms with Crippen molar-refractivity contribution in [1.82, 2.24) is 9.99 Å². The Morgan fingerprint density at radius 2 is 1.79 bits per heavy atom. The first-order valence-electron chi connectivity index (χ1n) is 8.95. The summed E-state index contributed by atoms with van der Waals surface area (Å²) in [6, 6.07) is 15.6. The molecule has 28 heavy (non-hydrogen) atoms. The minimum absolute atomic E-state index is 0.585. The van der Waals surface area contributed by atoms with E-state index in [1.165, 1.54) is 0 Å². The maximum atomic E-state index is 6.21. The predicted octanol–water partition coefficient (Wildman–Crippen LogP) is 4.89. The van der Waals surface area contributed by atoms with Crippen LogP contribution in [0, 0.1) is 13.8 Å². The van der Waals surface area contributed by atoms with E-state index in [0.29, 0.717) is 11.6 Å². The molecule has 0 spiro atoms. The molecule has 1 N–H and O–H groups in total. The number of halogens is 1. The van der Waals surface area contributed by atoms with Gasteiger partial charge in [-0.1, -0.05) is 29.8 Å². The van der Waals surface area contributed by atoms with E-state index < -0.39 is 0 Å². The van der Waals surface area contributed by atoms with Crippen molar-refractivity contribution in [3.63, 3.8) is 0 Å². The molecule has 3 aromatic rings. The normalized spacial score (nSPS) is 11.0. The Balaban J connectivity index is 1.81. The first kappa shape index (κ1) is 19.8. The summed E-state index contributed by atoms with van der Waals surface area (Å²) < 4.78 is 13.0. The van der Waals surface area contributed by atoms with Crippen LogP contribution in [-0.2, 0) is 6.54 Å². The second kappa shape index (κ2) is 8.85. The van der Waals surface area contributed by atoms with E-state index in [-0.39, 0.29) is 0 Å². The predicted molar refractivity (Wildman–Crippen MR) is 114 cm³/mol. The number of methoxy groups -OCH3 is 2. The van der Waals surface area contributed by atoms with Crippen LogP contribution < -0.4 is 14.9 Å². The maximum absolute atomic E-state index is 6.21. The Morgan fingerprint density at radius 3 is 2.54 bits per heavy atom. The highest BCUT2D eigenvalue weighted by molar-refractivity contribution is 6.30. The van der Waals surface area contributed by atoms with Crippen LogP contribution in [0.25, 0.3) is 5.69 Å². The van der Waals surface area contributed by atoms with Gasteiger partial charge in [0, 0.05) is 27.5 Å². The van der Waals surface area contributed by atoms with E-state index in [1.807, 2.05) is 55.6 Å². The molecule has 3 rings (SSSR count). The monoisotopic (exact) mass is 397 g/mol. The van der Waals surface area contributed by atoms with Crippen molar-refractivity contribution in [2.45, 2.75) is 20.4 Å². The van der Waals surface area contributed by atoms with E-state index in [4.69, 9.17) is 21.1 Å². The molecule has 2 aromatic carbocycles. The molecule has 0 aliphatic rings. The number of aromatic nitrogens is 1. The molecule has 0 unspecified atom stereocenters. The number of ether oxygens (including phenoxy) is 2. The molecule has 0 bridgehead atoms. The topological polar surface area (TPSA) is 47.8 Å². The van der Waals surface area contributed by atoms with Crippen molar-refractivity contribution in [2.75, 3.05) is 14.2 Å². The zero-order valence-corrected chi connectivity index (χ0v) is 17.2. The lowest BCUT2D eigenvalue weighted by Crippen LogP contribution is -2.07. The number of hydrogen-bond acceptors (Lipinski definition) is 4. The fraction of sp³-hybridized carbons (Fsp3) is 0.227. The average Bonchev–Trinajstić information content (AvgIpc) is 2.98. The van der Waals surface area contributed by atoms with Crippen LogP contribution in [0.2, 0.25) is 5.02 Å². The summed E-state index contributed by atoms with van der Waals surface area (Å²) in [6.45, 7) is 4.68. The van der Waals surface area contributed by atoms with Gasteiger partial charge in [-0.3, -0.25) is 0 Å². The molecule has 0 fully saturated rings. The molecule has 0 amide bonds. The molecule has 0 aliphatic carbocycles. The third-order valence-electron chi connectivity index (χ3n) is 4.61. The van der Waals surface area contributed by atoms with Gasteiger partial charge in [0.25, 0.3) is 0 Å². The Bertz CT molecular complexity index is 995. The first-order chi connectivity index (χ1) is 13.5. The van der Waals surface area contributed by atoms with Crippen LogP contribution in [0.1, 0.15) is 22.5 Å². The molecule has 0 aliphatic heterocycles. The van der Waals surface area contributed by atoms with Crippen LogP contribution in [0.5, 0.6) is 11.5 Å². The molecule has 0 atom stereocenters. The summed E-state index contributed by atoms with van der Waals surface area (Å²) >= 11 is 6.21. The van der Waals surface area contributed by atoms with E-state index in [0.717, 1.165) is 39.7 Å². The number of nitrogens with zero attached hydrogens (tertiary/aromatic N) is 2. The number of rotatable bonds is 7. The van der Waals surface area contributed by atoms with Crippen molar-refractivity contribution in [1.29, 1.82) is 0 Å². The second-order valence-electron chi connectivity index (χ2n) is 6.38. The van der Waals surface area contributed by atoms with Crippen molar-refractivity contribution >= 4 is 17.8 Å². The average molecular weight is 398 g/mol. The van der Waals surface area contributed by atoms with Crippen molar-refractivity contribution < 1.29 is 9.47 Å². The molecule has 0 saturated heterocycles. The zero-order chi connectivity index (χ0) is 20.1. The van der Waals surface area contributed by atoms with Gasteiger partial charge in [-0.05, 0) is 44.2 Å². The van der Waals surface area contributed by atoms with Gasteiger partial charge < -0.3 is 19.5 Å². The van der Waals surface area contributed by atoms with Gasteiger partial charge in [0.1, 0.15) is 11.5 Å². The molecule has 5 nitrogen and oxygen atoms in total. The Kier molecular flexibility index (Phi) is 6.26. The van der Waals surface area contributed by atoms with Gasteiger partial charge in [-0.2, -0.15) is 5.10 Å². The quantitative estimate of drug-likeness (QED) is 0.456. The van der Waals surface area contributed by atoms with Gasteiger partial charge in [0.2, 0.25) is 0 Å². The van der Waals surface area contributed by atoms with E-state index in [1.54, 1.807) is 14.2 Å². The highest BCUT2D eigenvalue weighted by Gasteiger charge is 2.14. The van der Waals surface area contributed by atoms with Gasteiger partial charge in [0.15, 0.2) is 0 Å². The number of hydrazone groups is 1. The van der Waals surface area contributed by atoms with Crippen LogP contribution in [0.3, 0.4) is 0 Å². The standard InChI is InChI=1S/C22H24ClN3O2/c1-15-11-18(14-25-24-13-17-7-5-6-8-21(17)27-3)16(2)26(15)20-12-19(23)9-10-22(20)28-4/h5-12,14,24H,13H2,1-4H3/b25-14+. The number of nitrogens with one attached hydrogen (secondary N) is 1.